The molecule has 0 aliphatic rings. The maximum absolute atomic E-state index is 12.5. The molecule has 3 aromatic carbocycles. The van der Waals surface area contributed by atoms with E-state index in [0.29, 0.717) is 34.4 Å². The number of aryl methyl sites for hydroxylation is 2. The predicted octanol–water partition coefficient (Wildman–Crippen LogP) is 6.73. The van der Waals surface area contributed by atoms with E-state index in [1.165, 1.54) is 11.8 Å². The number of halogens is 2. The minimum absolute atomic E-state index is 0.0851. The van der Waals surface area contributed by atoms with Crippen LogP contribution in [0, 0.1) is 13.8 Å². The number of amides is 2. The zero-order valence-corrected chi connectivity index (χ0v) is 21.7. The molecule has 0 radical (unpaired) electrons. The van der Waals surface area contributed by atoms with Crippen molar-refractivity contribution in [2.75, 3.05) is 17.6 Å². The lowest BCUT2D eigenvalue weighted by Crippen LogP contribution is -2.27. The van der Waals surface area contributed by atoms with Gasteiger partial charge in [-0.15, -0.1) is 11.8 Å². The van der Waals surface area contributed by atoms with Crippen LogP contribution in [0.2, 0.25) is 10.0 Å². The normalized spacial score (nSPS) is 11.0. The summed E-state index contributed by atoms with van der Waals surface area (Å²) in [5.74, 6) is 0.0293. The van der Waals surface area contributed by atoms with Crippen molar-refractivity contribution in [1.29, 1.82) is 0 Å². The zero-order valence-electron chi connectivity index (χ0n) is 19.4. The van der Waals surface area contributed by atoms with E-state index in [1.54, 1.807) is 18.2 Å². The number of nitrogens with one attached hydrogen (secondary N) is 2. The van der Waals surface area contributed by atoms with E-state index in [2.05, 4.69) is 15.2 Å². The fourth-order valence-corrected chi connectivity index (χ4v) is 4.89. The summed E-state index contributed by atoms with van der Waals surface area (Å²) in [6, 6.07) is 18.8. The van der Waals surface area contributed by atoms with Crippen LogP contribution in [0.4, 0.5) is 5.69 Å². The summed E-state index contributed by atoms with van der Waals surface area (Å²) in [6.07, 6.45) is 2.03. The van der Waals surface area contributed by atoms with Crippen LogP contribution in [0.3, 0.4) is 0 Å². The Morgan fingerprint density at radius 1 is 0.943 bits per heavy atom. The number of rotatable bonds is 8. The largest absolute Gasteiger partial charge is 0.350 e. The van der Waals surface area contributed by atoms with Gasteiger partial charge in [-0.2, -0.15) is 0 Å². The van der Waals surface area contributed by atoms with Gasteiger partial charge in [0.05, 0.1) is 15.8 Å². The Hall–Kier alpha value is -2.93. The summed E-state index contributed by atoms with van der Waals surface area (Å²) in [5, 5.41) is 7.76. The highest BCUT2D eigenvalue weighted by molar-refractivity contribution is 8.00. The third-order valence-corrected chi connectivity index (χ3v) is 7.50. The second-order valence-corrected chi connectivity index (χ2v) is 10.1. The fourth-order valence-electron chi connectivity index (χ4n) is 3.70. The molecule has 2 amide bonds. The number of hydrogen-bond donors (Lipinski definition) is 2. The zero-order chi connectivity index (χ0) is 24.9. The number of anilines is 1. The first-order valence-electron chi connectivity index (χ1n) is 11.1. The van der Waals surface area contributed by atoms with E-state index in [9.17, 15) is 9.59 Å². The van der Waals surface area contributed by atoms with E-state index in [4.69, 9.17) is 23.2 Å². The Bertz CT molecular complexity index is 1400. The van der Waals surface area contributed by atoms with Crippen molar-refractivity contribution < 1.29 is 9.59 Å². The molecule has 180 valence electrons. The number of para-hydroxylation sites is 1. The van der Waals surface area contributed by atoms with Crippen molar-refractivity contribution >= 4 is 63.4 Å². The van der Waals surface area contributed by atoms with Crippen LogP contribution in [0.25, 0.3) is 10.9 Å². The van der Waals surface area contributed by atoms with Crippen LogP contribution in [0.5, 0.6) is 0 Å². The van der Waals surface area contributed by atoms with Crippen LogP contribution in [-0.4, -0.2) is 28.7 Å². The first-order valence-corrected chi connectivity index (χ1v) is 12.9. The second-order valence-electron chi connectivity index (χ2n) is 8.22. The molecule has 1 aromatic heterocycles. The first kappa shape index (κ1) is 25.2. The van der Waals surface area contributed by atoms with Crippen molar-refractivity contribution in [2.45, 2.75) is 25.3 Å². The molecule has 0 spiro atoms. The van der Waals surface area contributed by atoms with Gasteiger partial charge in [0.15, 0.2) is 0 Å². The number of hydrogen-bond acceptors (Lipinski definition) is 3. The fraction of sp³-hybridized carbons (Fsp3) is 0.185. The molecule has 4 rings (SSSR count). The minimum Gasteiger partial charge on any atom is -0.350 e. The highest BCUT2D eigenvalue weighted by Gasteiger charge is 2.12. The number of fused-ring (bicyclic) bond motifs is 1. The third-order valence-electron chi connectivity index (χ3n) is 5.72. The van der Waals surface area contributed by atoms with Crippen molar-refractivity contribution in [2.24, 2.45) is 0 Å². The molecule has 0 fully saturated rings. The quantitative estimate of drug-likeness (QED) is 0.251. The van der Waals surface area contributed by atoms with Gasteiger partial charge in [-0.05, 0) is 61.4 Å². The van der Waals surface area contributed by atoms with Gasteiger partial charge in [0, 0.05) is 46.3 Å². The van der Waals surface area contributed by atoms with E-state index < -0.39 is 0 Å². The Balaban J connectivity index is 1.38. The van der Waals surface area contributed by atoms with Crippen molar-refractivity contribution in [1.82, 2.24) is 9.88 Å². The maximum Gasteiger partial charge on any atom is 0.251 e. The molecule has 35 heavy (non-hydrogen) atoms. The van der Waals surface area contributed by atoms with E-state index in [1.807, 2.05) is 62.5 Å². The summed E-state index contributed by atoms with van der Waals surface area (Å²) in [6.45, 7) is 5.14. The van der Waals surface area contributed by atoms with Gasteiger partial charge >= 0.3 is 0 Å². The molecular weight excluding hydrogens is 501 g/mol. The Morgan fingerprint density at radius 3 is 2.51 bits per heavy atom. The van der Waals surface area contributed by atoms with E-state index in [-0.39, 0.29) is 17.6 Å². The lowest BCUT2D eigenvalue weighted by atomic mass is 10.1. The van der Waals surface area contributed by atoms with Crippen LogP contribution in [-0.2, 0) is 11.3 Å². The maximum atomic E-state index is 12.5. The average Bonchev–Trinajstić information content (AvgIpc) is 3.19. The van der Waals surface area contributed by atoms with Crippen LogP contribution >= 0.6 is 35.0 Å². The Kier molecular flexibility index (Phi) is 8.06. The lowest BCUT2D eigenvalue weighted by molar-refractivity contribution is -0.113. The molecule has 0 unspecified atom stereocenters. The van der Waals surface area contributed by atoms with Crippen molar-refractivity contribution in [3.63, 3.8) is 0 Å². The summed E-state index contributed by atoms with van der Waals surface area (Å²) >= 11 is 13.4. The second kappa shape index (κ2) is 11.2. The Morgan fingerprint density at radius 2 is 1.74 bits per heavy atom. The molecule has 0 aliphatic carbocycles. The first-order chi connectivity index (χ1) is 16.8. The van der Waals surface area contributed by atoms with Gasteiger partial charge < -0.3 is 15.2 Å². The van der Waals surface area contributed by atoms with Gasteiger partial charge in [0.1, 0.15) is 0 Å². The Labute approximate surface area is 218 Å². The summed E-state index contributed by atoms with van der Waals surface area (Å²) in [7, 11) is 0. The van der Waals surface area contributed by atoms with Gasteiger partial charge in [0.25, 0.3) is 5.91 Å². The molecule has 0 aliphatic heterocycles. The SMILES string of the molecule is Cc1ccc(C(=O)NCCn2cc(SCC(=O)Nc3ccc(Cl)c(Cl)c3)c3ccccc32)cc1C. The summed E-state index contributed by atoms with van der Waals surface area (Å²) in [4.78, 5) is 26.0. The highest BCUT2D eigenvalue weighted by atomic mass is 35.5. The van der Waals surface area contributed by atoms with E-state index in [0.717, 1.165) is 26.9 Å². The molecule has 0 saturated carbocycles. The summed E-state index contributed by atoms with van der Waals surface area (Å²) < 4.78 is 2.11. The van der Waals surface area contributed by atoms with Gasteiger partial charge in [0.2, 0.25) is 5.91 Å². The van der Waals surface area contributed by atoms with Crippen LogP contribution < -0.4 is 10.6 Å². The number of carbonyl (C=O) groups is 2. The molecule has 5 nitrogen and oxygen atoms in total. The molecule has 0 atom stereocenters. The van der Waals surface area contributed by atoms with Gasteiger partial charge in [-0.3, -0.25) is 9.59 Å². The van der Waals surface area contributed by atoms with Gasteiger partial charge in [-0.25, -0.2) is 0 Å². The highest BCUT2D eigenvalue weighted by Crippen LogP contribution is 2.30. The standard InChI is InChI=1S/C27H25Cl2N3O2S/c1-17-7-8-19(13-18(17)2)27(34)30-11-12-32-15-25(21-5-3-4-6-24(21)32)35-16-26(33)31-20-9-10-22(28)23(29)14-20/h3-10,13-15H,11-12,16H2,1-2H3,(H,30,34)(H,31,33). The van der Waals surface area contributed by atoms with E-state index >= 15 is 0 Å². The van der Waals surface area contributed by atoms with Gasteiger partial charge in [-0.1, -0.05) is 47.5 Å². The predicted molar refractivity (Wildman–Crippen MR) is 146 cm³/mol. The number of carbonyl (C=O) groups excluding carboxylic acids is 2. The summed E-state index contributed by atoms with van der Waals surface area (Å²) in [5.41, 5.74) is 4.58. The lowest BCUT2D eigenvalue weighted by Gasteiger charge is -2.09. The average molecular weight is 526 g/mol. The number of aromatic nitrogens is 1. The van der Waals surface area contributed by atoms with Crippen LogP contribution in [0.15, 0.2) is 71.8 Å². The minimum atomic E-state index is -0.133. The third kappa shape index (κ3) is 6.20. The molecule has 2 N–H and O–H groups in total. The molecular formula is C27H25Cl2N3O2S. The topological polar surface area (TPSA) is 63.1 Å². The monoisotopic (exact) mass is 525 g/mol. The smallest absolute Gasteiger partial charge is 0.251 e. The number of thioether (sulfide) groups is 1. The van der Waals surface area contributed by atoms with Crippen LogP contribution in [0.1, 0.15) is 21.5 Å². The molecule has 4 aromatic rings. The molecule has 1 heterocycles. The molecule has 0 saturated heterocycles. The molecule has 0 bridgehead atoms. The van der Waals surface area contributed by atoms with Crippen molar-refractivity contribution in [3.05, 3.63) is 93.6 Å². The number of benzene rings is 3. The molecule has 8 heteroatoms. The number of nitrogens with zero attached hydrogens (tertiary/aromatic N) is 1. The van der Waals surface area contributed by atoms with Crippen molar-refractivity contribution in [3.8, 4) is 0 Å².